The highest BCUT2D eigenvalue weighted by molar-refractivity contribution is 7.13. The summed E-state index contributed by atoms with van der Waals surface area (Å²) in [4.78, 5) is 23.5. The molecule has 3 aromatic rings. The molecular weight excluding hydrogens is 322 g/mol. The average Bonchev–Trinajstić information content (AvgIpc) is 3.36. The van der Waals surface area contributed by atoms with Gasteiger partial charge in [0.1, 0.15) is 5.01 Å². The van der Waals surface area contributed by atoms with E-state index in [9.17, 15) is 4.79 Å². The SMILES string of the molecule is O=C(Cc1csc(-c2ccccn2)n1)N1CCCC1c1cn[nH]c1. The van der Waals surface area contributed by atoms with E-state index in [1.54, 1.807) is 12.4 Å². The van der Waals surface area contributed by atoms with Crippen molar-refractivity contribution in [3.63, 3.8) is 0 Å². The number of amides is 1. The predicted octanol–water partition coefficient (Wildman–Crippen LogP) is 2.83. The Morgan fingerprint density at radius 2 is 2.38 bits per heavy atom. The van der Waals surface area contributed by atoms with Gasteiger partial charge in [-0.15, -0.1) is 11.3 Å². The van der Waals surface area contributed by atoms with Gasteiger partial charge in [0.2, 0.25) is 5.91 Å². The molecule has 24 heavy (non-hydrogen) atoms. The highest BCUT2D eigenvalue weighted by atomic mass is 32.1. The van der Waals surface area contributed by atoms with Gasteiger partial charge in [0.05, 0.1) is 30.0 Å². The predicted molar refractivity (Wildman–Crippen MR) is 91.3 cm³/mol. The zero-order chi connectivity index (χ0) is 16.4. The summed E-state index contributed by atoms with van der Waals surface area (Å²) in [5.41, 5.74) is 2.73. The van der Waals surface area contributed by atoms with Gasteiger partial charge in [-0.2, -0.15) is 5.10 Å². The second-order valence-electron chi connectivity index (χ2n) is 5.81. The molecule has 6 nitrogen and oxygen atoms in total. The van der Waals surface area contributed by atoms with Crippen molar-refractivity contribution >= 4 is 17.2 Å². The first-order valence-corrected chi connectivity index (χ1v) is 8.83. The van der Waals surface area contributed by atoms with Gasteiger partial charge in [0, 0.05) is 29.9 Å². The van der Waals surface area contributed by atoms with Crippen molar-refractivity contribution < 1.29 is 4.79 Å². The minimum atomic E-state index is 0.122. The van der Waals surface area contributed by atoms with Gasteiger partial charge in [-0.25, -0.2) is 4.98 Å². The first-order chi connectivity index (χ1) is 11.8. The largest absolute Gasteiger partial charge is 0.335 e. The van der Waals surface area contributed by atoms with Crippen LogP contribution in [0.5, 0.6) is 0 Å². The van der Waals surface area contributed by atoms with E-state index in [4.69, 9.17) is 0 Å². The monoisotopic (exact) mass is 339 g/mol. The highest BCUT2D eigenvalue weighted by Crippen LogP contribution is 2.32. The number of rotatable bonds is 4. The van der Waals surface area contributed by atoms with Crippen LogP contribution in [-0.2, 0) is 11.2 Å². The zero-order valence-corrected chi connectivity index (χ0v) is 13.9. The lowest BCUT2D eigenvalue weighted by Crippen LogP contribution is -2.31. The second kappa shape index (κ2) is 6.52. The number of carbonyl (C=O) groups is 1. The van der Waals surface area contributed by atoms with Gasteiger partial charge in [0.15, 0.2) is 0 Å². The summed E-state index contributed by atoms with van der Waals surface area (Å²) in [5, 5.41) is 9.63. The third kappa shape index (κ3) is 2.94. The molecule has 0 aliphatic carbocycles. The molecule has 1 saturated heterocycles. The van der Waals surface area contributed by atoms with Crippen LogP contribution in [-0.4, -0.2) is 37.5 Å². The molecule has 122 valence electrons. The number of nitrogens with one attached hydrogen (secondary N) is 1. The molecule has 1 fully saturated rings. The summed E-state index contributed by atoms with van der Waals surface area (Å²) in [6.07, 6.45) is 7.77. The van der Waals surface area contributed by atoms with E-state index >= 15 is 0 Å². The quantitative estimate of drug-likeness (QED) is 0.793. The number of likely N-dealkylation sites (tertiary alicyclic amines) is 1. The molecule has 0 spiro atoms. The standard InChI is InChI=1S/C17H17N5OS/c23-16(22-7-3-5-15(22)12-9-19-20-10-12)8-13-11-24-17(21-13)14-4-1-2-6-18-14/h1-2,4,6,9-11,15H,3,5,7-8H2,(H,19,20). The molecule has 0 bridgehead atoms. The molecule has 1 N–H and O–H groups in total. The van der Waals surface area contributed by atoms with Crippen molar-refractivity contribution in [2.75, 3.05) is 6.54 Å². The summed E-state index contributed by atoms with van der Waals surface area (Å²) in [7, 11) is 0. The van der Waals surface area contributed by atoms with Crippen LogP contribution in [0.15, 0.2) is 42.2 Å². The van der Waals surface area contributed by atoms with E-state index in [0.29, 0.717) is 6.42 Å². The summed E-state index contributed by atoms with van der Waals surface area (Å²) >= 11 is 1.53. The minimum Gasteiger partial charge on any atom is -0.335 e. The molecule has 0 aromatic carbocycles. The van der Waals surface area contributed by atoms with Crippen molar-refractivity contribution in [2.24, 2.45) is 0 Å². The number of hydrogen-bond donors (Lipinski definition) is 1. The lowest BCUT2D eigenvalue weighted by atomic mass is 10.1. The second-order valence-corrected chi connectivity index (χ2v) is 6.67. The molecule has 1 aliphatic rings. The molecule has 7 heteroatoms. The van der Waals surface area contributed by atoms with E-state index in [2.05, 4.69) is 20.2 Å². The molecular formula is C17H17N5OS. The van der Waals surface area contributed by atoms with Crippen LogP contribution in [0.3, 0.4) is 0 Å². The number of hydrogen-bond acceptors (Lipinski definition) is 5. The number of H-pyrrole nitrogens is 1. The maximum absolute atomic E-state index is 12.7. The lowest BCUT2D eigenvalue weighted by molar-refractivity contribution is -0.131. The molecule has 1 atom stereocenters. The molecule has 4 heterocycles. The van der Waals surface area contributed by atoms with Crippen molar-refractivity contribution in [3.8, 4) is 10.7 Å². The van der Waals surface area contributed by atoms with Crippen molar-refractivity contribution in [3.05, 3.63) is 53.4 Å². The van der Waals surface area contributed by atoms with Crippen molar-refractivity contribution in [1.82, 2.24) is 25.1 Å². The number of thiazole rings is 1. The van der Waals surface area contributed by atoms with Gasteiger partial charge >= 0.3 is 0 Å². The Balaban J connectivity index is 1.47. The van der Waals surface area contributed by atoms with Gasteiger partial charge in [0.25, 0.3) is 0 Å². The number of aromatic nitrogens is 4. The molecule has 1 amide bonds. The van der Waals surface area contributed by atoms with E-state index in [1.165, 1.54) is 11.3 Å². The van der Waals surface area contributed by atoms with Crippen LogP contribution in [0.2, 0.25) is 0 Å². The smallest absolute Gasteiger partial charge is 0.229 e. The summed E-state index contributed by atoms with van der Waals surface area (Å²) in [6.45, 7) is 0.798. The average molecular weight is 339 g/mol. The molecule has 1 aliphatic heterocycles. The van der Waals surface area contributed by atoms with Gasteiger partial charge in [-0.3, -0.25) is 14.9 Å². The van der Waals surface area contributed by atoms with Gasteiger partial charge in [-0.1, -0.05) is 6.07 Å². The van der Waals surface area contributed by atoms with Gasteiger partial charge < -0.3 is 4.90 Å². The Morgan fingerprint density at radius 1 is 1.42 bits per heavy atom. The summed E-state index contributed by atoms with van der Waals surface area (Å²) in [6, 6.07) is 5.88. The van der Waals surface area contributed by atoms with Crippen LogP contribution >= 0.6 is 11.3 Å². The van der Waals surface area contributed by atoms with Crippen LogP contribution in [0, 0.1) is 0 Å². The van der Waals surface area contributed by atoms with Crippen molar-refractivity contribution in [2.45, 2.75) is 25.3 Å². The minimum absolute atomic E-state index is 0.122. The maximum Gasteiger partial charge on any atom is 0.229 e. The highest BCUT2D eigenvalue weighted by Gasteiger charge is 2.30. The molecule has 4 rings (SSSR count). The fraction of sp³-hybridized carbons (Fsp3) is 0.294. The first-order valence-electron chi connectivity index (χ1n) is 7.95. The van der Waals surface area contributed by atoms with Crippen LogP contribution in [0.25, 0.3) is 10.7 Å². The molecule has 3 aromatic heterocycles. The number of carbonyl (C=O) groups excluding carboxylic acids is 1. The van der Waals surface area contributed by atoms with E-state index < -0.39 is 0 Å². The molecule has 0 radical (unpaired) electrons. The zero-order valence-electron chi connectivity index (χ0n) is 13.1. The Morgan fingerprint density at radius 3 is 3.17 bits per heavy atom. The first kappa shape index (κ1) is 15.0. The number of nitrogens with zero attached hydrogens (tertiary/aromatic N) is 4. The Labute approximate surface area is 143 Å². The lowest BCUT2D eigenvalue weighted by Gasteiger charge is -2.23. The Kier molecular flexibility index (Phi) is 4.08. The van der Waals surface area contributed by atoms with Crippen LogP contribution < -0.4 is 0 Å². The Bertz CT molecular complexity index is 815. The van der Waals surface area contributed by atoms with Gasteiger partial charge in [-0.05, 0) is 25.0 Å². The van der Waals surface area contributed by atoms with E-state index in [0.717, 1.165) is 41.3 Å². The van der Waals surface area contributed by atoms with E-state index in [1.807, 2.05) is 34.7 Å². The summed E-state index contributed by atoms with van der Waals surface area (Å²) < 4.78 is 0. The van der Waals surface area contributed by atoms with E-state index in [-0.39, 0.29) is 11.9 Å². The topological polar surface area (TPSA) is 74.8 Å². The third-order valence-corrected chi connectivity index (χ3v) is 5.16. The maximum atomic E-state index is 12.7. The normalized spacial score (nSPS) is 17.3. The van der Waals surface area contributed by atoms with Crippen LogP contribution in [0.4, 0.5) is 0 Å². The number of pyridine rings is 1. The Hall–Kier alpha value is -2.54. The summed E-state index contributed by atoms with van der Waals surface area (Å²) in [5.74, 6) is 0.122. The third-order valence-electron chi connectivity index (χ3n) is 4.25. The van der Waals surface area contributed by atoms with Crippen LogP contribution in [0.1, 0.15) is 30.1 Å². The fourth-order valence-corrected chi connectivity index (χ4v) is 3.90. The van der Waals surface area contributed by atoms with Crippen molar-refractivity contribution in [1.29, 1.82) is 0 Å². The molecule has 1 unspecified atom stereocenters. The molecule has 0 saturated carbocycles. The number of aromatic amines is 1. The fourth-order valence-electron chi connectivity index (χ4n) is 3.11.